The molecule has 0 bridgehead atoms. The van der Waals surface area contributed by atoms with Crippen molar-refractivity contribution in [2.24, 2.45) is 0 Å². The number of methoxy groups -OCH3 is 1. The summed E-state index contributed by atoms with van der Waals surface area (Å²) in [5.74, 6) is 2.66. The molecule has 2 aliphatic rings. The number of aryl methyl sites for hydroxylation is 2. The van der Waals surface area contributed by atoms with Gasteiger partial charge in [-0.3, -0.25) is 4.79 Å². The highest BCUT2D eigenvalue weighted by Gasteiger charge is 2.32. The van der Waals surface area contributed by atoms with E-state index in [4.69, 9.17) is 19.3 Å². The summed E-state index contributed by atoms with van der Waals surface area (Å²) in [6.45, 7) is 5.61. The van der Waals surface area contributed by atoms with Crippen LogP contribution in [0.25, 0.3) is 28.1 Å². The molecule has 7 heterocycles. The monoisotopic (exact) mass is 736 g/mol. The van der Waals surface area contributed by atoms with E-state index in [2.05, 4.69) is 49.5 Å². The van der Waals surface area contributed by atoms with Crippen molar-refractivity contribution in [3.05, 3.63) is 107 Å². The van der Waals surface area contributed by atoms with E-state index in [1.54, 1.807) is 28.9 Å². The number of anilines is 2. The van der Waals surface area contributed by atoms with Crippen LogP contribution in [0.15, 0.2) is 77.7 Å². The fourth-order valence-corrected chi connectivity index (χ4v) is 7.35. The van der Waals surface area contributed by atoms with Gasteiger partial charge in [-0.1, -0.05) is 22.5 Å². The summed E-state index contributed by atoms with van der Waals surface area (Å²) < 4.78 is 14.5. The number of fused-ring (bicyclic) bond motifs is 1. The molecule has 2 fully saturated rings. The molecule has 0 radical (unpaired) electrons. The first kappa shape index (κ1) is 34.3. The third-order valence-electron chi connectivity index (χ3n) is 10.6. The Morgan fingerprint density at radius 2 is 1.78 bits per heavy atom. The Morgan fingerprint density at radius 1 is 0.945 bits per heavy atom. The molecule has 0 N–H and O–H groups in total. The molecule has 0 unspecified atom stereocenters. The molecular formula is C40H40N12O3. The first-order valence-electron chi connectivity index (χ1n) is 18.5. The van der Waals surface area contributed by atoms with Crippen molar-refractivity contribution >= 4 is 28.4 Å². The van der Waals surface area contributed by atoms with Crippen molar-refractivity contribution in [1.82, 2.24) is 54.8 Å². The number of aromatic nitrogens is 10. The number of rotatable bonds is 10. The number of nitrogens with zero attached hydrogens (tertiary/aromatic N) is 12. The van der Waals surface area contributed by atoms with Gasteiger partial charge in [0, 0.05) is 67.4 Å². The predicted octanol–water partition coefficient (Wildman–Crippen LogP) is 6.19. The fraction of sp³-hybridized carbons (Fsp3) is 0.325. The summed E-state index contributed by atoms with van der Waals surface area (Å²) in [7, 11) is 3.49. The largest absolute Gasteiger partial charge is 0.467 e. The van der Waals surface area contributed by atoms with Gasteiger partial charge in [0.25, 0.3) is 5.91 Å². The zero-order valence-corrected chi connectivity index (χ0v) is 31.1. The second kappa shape index (κ2) is 14.0. The summed E-state index contributed by atoms with van der Waals surface area (Å²) in [4.78, 5) is 36.2. The predicted molar refractivity (Wildman–Crippen MR) is 204 cm³/mol. The molecule has 15 heteroatoms. The minimum Gasteiger partial charge on any atom is -0.467 e. The van der Waals surface area contributed by atoms with Crippen LogP contribution in [-0.2, 0) is 6.54 Å². The summed E-state index contributed by atoms with van der Waals surface area (Å²) in [6, 6.07) is 18.0. The maximum absolute atomic E-state index is 14.2. The van der Waals surface area contributed by atoms with Crippen LogP contribution in [0.2, 0.25) is 0 Å². The number of carbonyl (C=O) groups excluding carboxylic acids is 1. The smallest absolute Gasteiger partial charge is 0.318 e. The molecule has 1 aliphatic heterocycles. The second-order valence-electron chi connectivity index (χ2n) is 14.3. The quantitative estimate of drug-likeness (QED) is 0.157. The first-order valence-corrected chi connectivity index (χ1v) is 18.5. The lowest BCUT2D eigenvalue weighted by atomic mass is 9.93. The summed E-state index contributed by atoms with van der Waals surface area (Å²) in [5.41, 5.74) is 7.68. The maximum Gasteiger partial charge on any atom is 0.318 e. The number of benzene rings is 1. The number of likely N-dealkylation sites (tertiary alicyclic amines) is 1. The minimum absolute atomic E-state index is 0.0148. The van der Waals surface area contributed by atoms with Gasteiger partial charge in [-0.2, -0.15) is 14.8 Å². The van der Waals surface area contributed by atoms with E-state index in [0.29, 0.717) is 60.2 Å². The lowest BCUT2D eigenvalue weighted by Crippen LogP contribution is -2.38. The highest BCUT2D eigenvalue weighted by Crippen LogP contribution is 2.41. The van der Waals surface area contributed by atoms with Crippen LogP contribution in [0.3, 0.4) is 0 Å². The SMILES string of the molecule is COc1nccc(N(C)c2ccc(C)c(-c3cn(Cc4cc(C5CCN(C(=O)c6cc(C7CC7)nc7c6c(C)nn7-c6ccccn6)CC5)no4)nn3)c2)n1. The van der Waals surface area contributed by atoms with Gasteiger partial charge >= 0.3 is 6.01 Å². The third-order valence-corrected chi connectivity index (χ3v) is 10.6. The highest BCUT2D eigenvalue weighted by molar-refractivity contribution is 6.07. The standard InChI is InChI=1S/C40H40N12O3/c1-24-8-11-28(49(3)36-12-16-42-40(44-36)54-4)19-30(24)34-23-51(48-45-34)22-29-20-33(47-55-29)27-13-17-50(18-14-27)39(53)31-21-32(26-9-10-26)43-38-37(31)25(2)46-52(38)35-7-5-6-15-41-35/h5-8,11-12,15-16,19-21,23,26-27H,9-10,13-14,17-18,22H2,1-4H3. The molecule has 1 aromatic carbocycles. The van der Waals surface area contributed by atoms with Crippen LogP contribution in [0.4, 0.5) is 11.5 Å². The van der Waals surface area contributed by atoms with Crippen LogP contribution in [0, 0.1) is 13.8 Å². The van der Waals surface area contributed by atoms with Gasteiger partial charge in [0.1, 0.15) is 18.1 Å². The first-order chi connectivity index (χ1) is 26.8. The van der Waals surface area contributed by atoms with Crippen LogP contribution in [0.5, 0.6) is 6.01 Å². The molecule has 55 heavy (non-hydrogen) atoms. The molecule has 15 nitrogen and oxygen atoms in total. The Morgan fingerprint density at radius 3 is 2.56 bits per heavy atom. The Hall–Kier alpha value is -6.51. The lowest BCUT2D eigenvalue weighted by Gasteiger charge is -2.31. The molecule has 6 aromatic heterocycles. The molecule has 1 aliphatic carbocycles. The molecule has 0 atom stereocenters. The van der Waals surface area contributed by atoms with Gasteiger partial charge in [0.2, 0.25) is 0 Å². The minimum atomic E-state index is 0.0148. The number of amides is 1. The normalized spacial score (nSPS) is 14.8. The van der Waals surface area contributed by atoms with Crippen LogP contribution in [-0.4, -0.2) is 87.9 Å². The molecule has 7 aromatic rings. The van der Waals surface area contributed by atoms with Gasteiger partial charge in [-0.15, -0.1) is 5.10 Å². The van der Waals surface area contributed by atoms with Crippen LogP contribution in [0.1, 0.15) is 76.3 Å². The average Bonchev–Trinajstić information content (AvgIpc) is 3.64. The van der Waals surface area contributed by atoms with E-state index in [9.17, 15) is 4.79 Å². The molecule has 278 valence electrons. The Kier molecular flexibility index (Phi) is 8.75. The summed E-state index contributed by atoms with van der Waals surface area (Å²) in [6.07, 6.45) is 9.06. The van der Waals surface area contributed by atoms with Gasteiger partial charge < -0.3 is 19.1 Å². The number of pyridine rings is 2. The zero-order valence-electron chi connectivity index (χ0n) is 31.1. The Balaban J connectivity index is 0.872. The molecule has 1 saturated carbocycles. The van der Waals surface area contributed by atoms with Crippen LogP contribution >= 0.6 is 0 Å². The van der Waals surface area contributed by atoms with E-state index < -0.39 is 0 Å². The molecular weight excluding hydrogens is 697 g/mol. The van der Waals surface area contributed by atoms with E-state index in [-0.39, 0.29) is 11.8 Å². The molecule has 1 amide bonds. The van der Waals surface area contributed by atoms with Crippen molar-refractivity contribution < 1.29 is 14.1 Å². The lowest BCUT2D eigenvalue weighted by molar-refractivity contribution is 0.0713. The van der Waals surface area contributed by atoms with Crippen molar-refractivity contribution in [2.45, 2.75) is 57.9 Å². The van der Waals surface area contributed by atoms with E-state index in [1.807, 2.05) is 72.4 Å². The number of hydrogen-bond acceptors (Lipinski definition) is 12. The van der Waals surface area contributed by atoms with Crippen molar-refractivity contribution in [1.29, 1.82) is 0 Å². The highest BCUT2D eigenvalue weighted by atomic mass is 16.5. The van der Waals surface area contributed by atoms with Crippen molar-refractivity contribution in [3.8, 4) is 23.1 Å². The molecule has 1 saturated heterocycles. The van der Waals surface area contributed by atoms with Gasteiger partial charge in [-0.25, -0.2) is 19.6 Å². The van der Waals surface area contributed by atoms with E-state index >= 15 is 0 Å². The average molecular weight is 737 g/mol. The summed E-state index contributed by atoms with van der Waals surface area (Å²) in [5, 5.41) is 18.9. The number of piperidine rings is 1. The summed E-state index contributed by atoms with van der Waals surface area (Å²) >= 11 is 0. The van der Waals surface area contributed by atoms with Gasteiger partial charge in [-0.05, 0) is 81.5 Å². The van der Waals surface area contributed by atoms with Crippen LogP contribution < -0.4 is 9.64 Å². The van der Waals surface area contributed by atoms with Crippen molar-refractivity contribution in [3.63, 3.8) is 0 Å². The molecule has 0 spiro atoms. The fourth-order valence-electron chi connectivity index (χ4n) is 7.35. The number of carbonyl (C=O) groups is 1. The zero-order chi connectivity index (χ0) is 37.6. The maximum atomic E-state index is 14.2. The topological polar surface area (TPSA) is 159 Å². The molecule has 9 rings (SSSR count). The number of hydrogen-bond donors (Lipinski definition) is 0. The number of ether oxygens (including phenoxy) is 1. The Bertz CT molecular complexity index is 2510. The van der Waals surface area contributed by atoms with E-state index in [1.165, 1.54) is 0 Å². The third kappa shape index (κ3) is 6.66. The Labute approximate surface area is 317 Å². The van der Waals surface area contributed by atoms with Gasteiger partial charge in [0.05, 0.1) is 35.6 Å². The van der Waals surface area contributed by atoms with Gasteiger partial charge in [0.15, 0.2) is 17.2 Å². The van der Waals surface area contributed by atoms with Crippen molar-refractivity contribution in [2.75, 3.05) is 32.1 Å². The van der Waals surface area contributed by atoms with E-state index in [0.717, 1.165) is 70.7 Å². The second-order valence-corrected chi connectivity index (χ2v) is 14.3.